The maximum Gasteiger partial charge on any atom is 0.250 e. The third-order valence-electron chi connectivity index (χ3n) is 8.02. The van der Waals surface area contributed by atoms with Gasteiger partial charge in [0.05, 0.1) is 30.6 Å². The molecule has 3 aliphatic rings. The number of anilines is 1. The predicted molar refractivity (Wildman–Crippen MR) is 139 cm³/mol. The van der Waals surface area contributed by atoms with Crippen LogP contribution in [0.25, 0.3) is 0 Å². The fourth-order valence-electron chi connectivity index (χ4n) is 6.31. The van der Waals surface area contributed by atoms with Crippen LogP contribution in [0.1, 0.15) is 32.3 Å². The Morgan fingerprint density at radius 2 is 1.84 bits per heavy atom. The number of carbonyl (C=O) groups is 3. The van der Waals surface area contributed by atoms with Crippen LogP contribution in [0.3, 0.4) is 0 Å². The second-order valence-corrected chi connectivity index (χ2v) is 10.9. The average molecular weight is 526 g/mol. The summed E-state index contributed by atoms with van der Waals surface area (Å²) in [7, 11) is 0. The molecule has 2 aromatic carbocycles. The molecule has 3 amide bonds. The average Bonchev–Trinajstić information content (AvgIpc) is 3.52. The minimum Gasteiger partial charge on any atom is -0.394 e. The van der Waals surface area contributed by atoms with Gasteiger partial charge in [-0.25, -0.2) is 0 Å². The number of halogens is 1. The lowest BCUT2D eigenvalue weighted by molar-refractivity contribution is -0.145. The minimum atomic E-state index is -1.13. The summed E-state index contributed by atoms with van der Waals surface area (Å²) < 4.78 is 6.45. The maximum atomic E-state index is 14.0. The van der Waals surface area contributed by atoms with Crippen LogP contribution in [0.2, 0.25) is 5.02 Å². The molecule has 3 saturated heterocycles. The van der Waals surface area contributed by atoms with Gasteiger partial charge in [-0.3, -0.25) is 14.4 Å². The molecule has 0 radical (unpaired) electrons. The van der Waals surface area contributed by atoms with Crippen molar-refractivity contribution in [2.75, 3.05) is 11.9 Å². The van der Waals surface area contributed by atoms with Crippen molar-refractivity contribution in [3.63, 3.8) is 0 Å². The number of hydrogen-bond donors (Lipinski definition) is 3. The second-order valence-electron chi connectivity index (χ2n) is 10.5. The van der Waals surface area contributed by atoms with E-state index in [1.165, 1.54) is 4.90 Å². The lowest BCUT2D eigenvalue weighted by Crippen LogP contribution is -2.57. The second kappa shape index (κ2) is 10.1. The molecular weight excluding hydrogens is 494 g/mol. The van der Waals surface area contributed by atoms with E-state index < -0.39 is 41.5 Å². The van der Waals surface area contributed by atoms with E-state index in [0.717, 1.165) is 5.56 Å². The summed E-state index contributed by atoms with van der Waals surface area (Å²) in [4.78, 5) is 42.8. The van der Waals surface area contributed by atoms with Crippen molar-refractivity contribution in [2.45, 2.75) is 57.0 Å². The van der Waals surface area contributed by atoms with Gasteiger partial charge in [-0.05, 0) is 48.6 Å². The Morgan fingerprint density at radius 1 is 1.14 bits per heavy atom. The zero-order valence-corrected chi connectivity index (χ0v) is 21.6. The van der Waals surface area contributed by atoms with Crippen molar-refractivity contribution < 1.29 is 24.2 Å². The first-order valence-corrected chi connectivity index (χ1v) is 13.1. The molecule has 3 N–H and O–H groups in total. The third kappa shape index (κ3) is 4.41. The monoisotopic (exact) mass is 525 g/mol. The highest BCUT2D eigenvalue weighted by molar-refractivity contribution is 6.30. The molecular formula is C28H32ClN3O5. The van der Waals surface area contributed by atoms with Crippen LogP contribution >= 0.6 is 11.6 Å². The lowest BCUT2D eigenvalue weighted by atomic mass is 9.70. The first-order chi connectivity index (χ1) is 17.8. The van der Waals surface area contributed by atoms with Crippen LogP contribution in [-0.4, -0.2) is 58.1 Å². The molecule has 3 aliphatic heterocycles. The Bertz CT molecular complexity index is 1170. The van der Waals surface area contributed by atoms with Gasteiger partial charge in [0, 0.05) is 17.3 Å². The largest absolute Gasteiger partial charge is 0.394 e. The number of hydrogen-bond acceptors (Lipinski definition) is 5. The van der Waals surface area contributed by atoms with Gasteiger partial charge in [-0.1, -0.05) is 55.8 Å². The molecule has 3 fully saturated rings. The smallest absolute Gasteiger partial charge is 0.250 e. The molecule has 0 aliphatic carbocycles. The van der Waals surface area contributed by atoms with Gasteiger partial charge >= 0.3 is 0 Å². The molecule has 0 saturated carbocycles. The molecule has 1 spiro atoms. The minimum absolute atomic E-state index is 0.113. The first-order valence-electron chi connectivity index (χ1n) is 12.8. The molecule has 2 unspecified atom stereocenters. The van der Waals surface area contributed by atoms with Crippen LogP contribution in [0.5, 0.6) is 0 Å². The van der Waals surface area contributed by atoms with Crippen LogP contribution in [0, 0.1) is 17.8 Å². The topological polar surface area (TPSA) is 108 Å². The number of ether oxygens (including phenoxy) is 1. The Balaban J connectivity index is 1.46. The van der Waals surface area contributed by atoms with Crippen molar-refractivity contribution >= 4 is 35.0 Å². The highest BCUT2D eigenvalue weighted by atomic mass is 35.5. The fourth-order valence-corrected chi connectivity index (χ4v) is 6.44. The molecule has 3 heterocycles. The fraction of sp³-hybridized carbons (Fsp3) is 0.464. The maximum absolute atomic E-state index is 14.0. The van der Waals surface area contributed by atoms with E-state index in [4.69, 9.17) is 16.3 Å². The summed E-state index contributed by atoms with van der Waals surface area (Å²) in [6, 6.07) is 14.7. The van der Waals surface area contributed by atoms with Gasteiger partial charge in [-0.2, -0.15) is 0 Å². The third-order valence-corrected chi connectivity index (χ3v) is 8.28. The summed E-state index contributed by atoms with van der Waals surface area (Å²) in [5.41, 5.74) is 0.362. The number of aliphatic hydroxyl groups excluding tert-OH is 1. The normalized spacial score (nSPS) is 28.9. The predicted octanol–water partition coefficient (Wildman–Crippen LogP) is 2.99. The Hall–Kier alpha value is -2.94. The van der Waals surface area contributed by atoms with E-state index in [1.807, 2.05) is 44.2 Å². The SMILES string of the molecule is CC(C)[C@H](CO)N1C(=O)[C@@H]2[C@@H](C(=O)NCc3ccccc3)[C@H]3CCC2(O3)C1C(=O)Nc1ccc(Cl)cc1. The van der Waals surface area contributed by atoms with E-state index >= 15 is 0 Å². The Morgan fingerprint density at radius 3 is 2.49 bits per heavy atom. The summed E-state index contributed by atoms with van der Waals surface area (Å²) in [6.07, 6.45) is 0.628. The van der Waals surface area contributed by atoms with E-state index in [-0.39, 0.29) is 24.3 Å². The molecule has 5 rings (SSSR count). The summed E-state index contributed by atoms with van der Waals surface area (Å²) >= 11 is 6.00. The number of likely N-dealkylation sites (tertiary alicyclic amines) is 1. The van der Waals surface area contributed by atoms with Crippen LogP contribution in [0.15, 0.2) is 54.6 Å². The van der Waals surface area contributed by atoms with Gasteiger partial charge in [-0.15, -0.1) is 0 Å². The number of amides is 3. The highest BCUT2D eigenvalue weighted by Gasteiger charge is 2.75. The molecule has 0 aromatic heterocycles. The quantitative estimate of drug-likeness (QED) is 0.491. The zero-order valence-electron chi connectivity index (χ0n) is 20.9. The summed E-state index contributed by atoms with van der Waals surface area (Å²) in [5, 5.41) is 16.7. The van der Waals surface area contributed by atoms with Gasteiger partial charge in [0.25, 0.3) is 0 Å². The summed E-state index contributed by atoms with van der Waals surface area (Å²) in [6.45, 7) is 3.84. The molecule has 6 atom stereocenters. The molecule has 9 heteroatoms. The molecule has 2 bridgehead atoms. The van der Waals surface area contributed by atoms with Gasteiger partial charge in [0.15, 0.2) is 0 Å². The van der Waals surface area contributed by atoms with Gasteiger partial charge in [0.2, 0.25) is 17.7 Å². The van der Waals surface area contributed by atoms with Gasteiger partial charge in [0.1, 0.15) is 11.6 Å². The molecule has 37 heavy (non-hydrogen) atoms. The van der Waals surface area contributed by atoms with Crippen molar-refractivity contribution in [1.29, 1.82) is 0 Å². The van der Waals surface area contributed by atoms with Crippen molar-refractivity contribution in [3.05, 3.63) is 65.2 Å². The first kappa shape index (κ1) is 25.7. The lowest BCUT2D eigenvalue weighted by Gasteiger charge is -2.38. The van der Waals surface area contributed by atoms with E-state index in [2.05, 4.69) is 10.6 Å². The Kier molecular flexibility index (Phi) is 7.00. The highest BCUT2D eigenvalue weighted by Crippen LogP contribution is 2.59. The number of benzene rings is 2. The van der Waals surface area contributed by atoms with Gasteiger partial charge < -0.3 is 25.4 Å². The van der Waals surface area contributed by atoms with Crippen molar-refractivity contribution in [2.24, 2.45) is 17.8 Å². The Labute approximate surface area is 221 Å². The number of carbonyl (C=O) groups excluding carboxylic acids is 3. The van der Waals surface area contributed by atoms with E-state index in [0.29, 0.717) is 30.1 Å². The van der Waals surface area contributed by atoms with Crippen LogP contribution < -0.4 is 10.6 Å². The molecule has 8 nitrogen and oxygen atoms in total. The standard InChI is InChI=1S/C28H32ClN3O5/c1-16(2)20(15-33)32-24(26(35)31-19-10-8-18(29)9-11-19)28-13-12-21(37-28)22(23(28)27(32)36)25(34)30-14-17-6-4-3-5-7-17/h3-11,16,20-24,33H,12-15H2,1-2H3,(H,30,34)(H,31,35)/t20-,21+,22-,23-,24?,28?/m0/s1. The summed E-state index contributed by atoms with van der Waals surface area (Å²) in [5.74, 6) is -2.58. The zero-order chi connectivity index (χ0) is 26.3. The number of rotatable bonds is 8. The number of nitrogens with zero attached hydrogens (tertiary/aromatic N) is 1. The number of nitrogens with one attached hydrogen (secondary N) is 2. The number of aliphatic hydroxyl groups is 1. The van der Waals surface area contributed by atoms with E-state index in [9.17, 15) is 19.5 Å². The van der Waals surface area contributed by atoms with Crippen molar-refractivity contribution in [3.8, 4) is 0 Å². The van der Waals surface area contributed by atoms with E-state index in [1.54, 1.807) is 24.3 Å². The van der Waals surface area contributed by atoms with Crippen LogP contribution in [-0.2, 0) is 25.7 Å². The van der Waals surface area contributed by atoms with Crippen molar-refractivity contribution in [1.82, 2.24) is 10.2 Å². The number of fused-ring (bicyclic) bond motifs is 1. The molecule has 2 aromatic rings. The molecule has 196 valence electrons. The van der Waals surface area contributed by atoms with Crippen LogP contribution in [0.4, 0.5) is 5.69 Å².